The Morgan fingerprint density at radius 3 is 2.64 bits per heavy atom. The van der Waals surface area contributed by atoms with Gasteiger partial charge in [-0.25, -0.2) is 0 Å². The Balaban J connectivity index is 2.80. The van der Waals surface area contributed by atoms with E-state index in [1.54, 1.807) is 0 Å². The average Bonchev–Trinajstić information content (AvgIpc) is 1.94. The lowest BCUT2D eigenvalue weighted by atomic mass is 9.97. The number of hydrogen-bond donors (Lipinski definition) is 0. The summed E-state index contributed by atoms with van der Waals surface area (Å²) in [4.78, 5) is 2.34. The van der Waals surface area contributed by atoms with Gasteiger partial charge in [-0.3, -0.25) is 0 Å². The smallest absolute Gasteiger partial charge is 0.0232 e. The largest absolute Gasteiger partial charge is 0.302 e. The lowest BCUT2D eigenvalue weighted by molar-refractivity contribution is 0.350. The maximum absolute atomic E-state index is 3.98. The van der Waals surface area contributed by atoms with Crippen LogP contribution in [0.3, 0.4) is 0 Å². The van der Waals surface area contributed by atoms with Crippen LogP contribution in [0.5, 0.6) is 0 Å². The Morgan fingerprint density at radius 2 is 2.18 bits per heavy atom. The molecule has 0 aromatic carbocycles. The molecule has 0 unspecified atom stereocenters. The van der Waals surface area contributed by atoms with Crippen LogP contribution in [-0.2, 0) is 0 Å². The van der Waals surface area contributed by atoms with Gasteiger partial charge in [0.05, 0.1) is 0 Å². The summed E-state index contributed by atoms with van der Waals surface area (Å²) in [6.07, 6.45) is 1.21. The van der Waals surface area contributed by atoms with Gasteiger partial charge in [0, 0.05) is 13.1 Å². The van der Waals surface area contributed by atoms with Crippen molar-refractivity contribution in [3.63, 3.8) is 0 Å². The average molecular weight is 151 g/mol. The summed E-state index contributed by atoms with van der Waals surface area (Å²) in [5, 5.41) is 0. The Bertz CT molecular complexity index is 201. The Labute approximate surface area is 69.4 Å². The fraction of sp³-hybridized carbons (Fsp3) is 0.600. The molecule has 1 heteroatoms. The lowest BCUT2D eigenvalue weighted by Gasteiger charge is -2.26. The first kappa shape index (κ1) is 8.54. The van der Waals surface area contributed by atoms with Gasteiger partial charge in [-0.1, -0.05) is 17.7 Å². The molecule has 0 saturated carbocycles. The van der Waals surface area contributed by atoms with Crippen LogP contribution < -0.4 is 0 Å². The van der Waals surface area contributed by atoms with E-state index in [1.165, 1.54) is 29.7 Å². The maximum atomic E-state index is 3.98. The first-order valence-corrected chi connectivity index (χ1v) is 4.14. The van der Waals surface area contributed by atoms with E-state index in [0.29, 0.717) is 0 Å². The molecule has 1 heterocycles. The van der Waals surface area contributed by atoms with E-state index < -0.39 is 0 Å². The highest BCUT2D eigenvalue weighted by Crippen LogP contribution is 2.20. The van der Waals surface area contributed by atoms with Gasteiger partial charge in [0.15, 0.2) is 0 Å². The maximum Gasteiger partial charge on any atom is 0.0232 e. The summed E-state index contributed by atoms with van der Waals surface area (Å²) in [7, 11) is 2.16. The van der Waals surface area contributed by atoms with E-state index >= 15 is 0 Å². The van der Waals surface area contributed by atoms with Gasteiger partial charge in [0.25, 0.3) is 0 Å². The van der Waals surface area contributed by atoms with Crippen molar-refractivity contribution in [1.82, 2.24) is 4.90 Å². The minimum absolute atomic E-state index is 1.08. The van der Waals surface area contributed by atoms with Crippen molar-refractivity contribution in [2.75, 3.05) is 20.1 Å². The van der Waals surface area contributed by atoms with Crippen LogP contribution in [0.2, 0.25) is 0 Å². The summed E-state index contributed by atoms with van der Waals surface area (Å²) >= 11 is 0. The van der Waals surface area contributed by atoms with Crippen molar-refractivity contribution in [3.05, 3.63) is 23.3 Å². The van der Waals surface area contributed by atoms with Gasteiger partial charge in [0.1, 0.15) is 0 Å². The second kappa shape index (κ2) is 3.22. The molecule has 0 fully saturated rings. The highest BCUT2D eigenvalue weighted by molar-refractivity contribution is 5.33. The van der Waals surface area contributed by atoms with Crippen LogP contribution >= 0.6 is 0 Å². The fourth-order valence-corrected chi connectivity index (χ4v) is 1.49. The van der Waals surface area contributed by atoms with Crippen LogP contribution in [0.4, 0.5) is 0 Å². The van der Waals surface area contributed by atoms with E-state index in [4.69, 9.17) is 0 Å². The zero-order chi connectivity index (χ0) is 8.43. The molecule has 0 bridgehead atoms. The van der Waals surface area contributed by atoms with E-state index in [9.17, 15) is 0 Å². The van der Waals surface area contributed by atoms with Crippen LogP contribution in [0.1, 0.15) is 20.3 Å². The topological polar surface area (TPSA) is 3.24 Å². The van der Waals surface area contributed by atoms with E-state index in [2.05, 4.69) is 32.4 Å². The monoisotopic (exact) mass is 151 g/mol. The summed E-state index contributed by atoms with van der Waals surface area (Å²) in [5.74, 6) is 0. The van der Waals surface area contributed by atoms with Gasteiger partial charge < -0.3 is 4.90 Å². The van der Waals surface area contributed by atoms with Gasteiger partial charge in [-0.05, 0) is 32.9 Å². The number of rotatable bonds is 1. The zero-order valence-electron chi connectivity index (χ0n) is 7.78. The molecule has 0 aromatic heterocycles. The third-order valence-corrected chi connectivity index (χ3v) is 2.33. The predicted octanol–water partition coefficient (Wildman–Crippen LogP) is 2.21. The molecule has 0 N–H and O–H groups in total. The van der Waals surface area contributed by atoms with Crippen LogP contribution in [0, 0.1) is 0 Å². The van der Waals surface area contributed by atoms with Crippen LogP contribution in [-0.4, -0.2) is 25.0 Å². The molecule has 1 aliphatic rings. The molecular weight excluding hydrogens is 134 g/mol. The lowest BCUT2D eigenvalue weighted by Crippen LogP contribution is -2.27. The molecule has 0 radical (unpaired) electrons. The van der Waals surface area contributed by atoms with Gasteiger partial charge >= 0.3 is 0 Å². The number of likely N-dealkylation sites (N-methyl/N-ethyl adjacent to an activating group) is 1. The summed E-state index contributed by atoms with van der Waals surface area (Å²) < 4.78 is 0. The second-order valence-corrected chi connectivity index (χ2v) is 3.53. The molecule has 0 saturated heterocycles. The number of nitrogens with zero attached hydrogens (tertiary/aromatic N) is 1. The molecule has 1 aliphatic heterocycles. The van der Waals surface area contributed by atoms with E-state index in [1.807, 2.05) is 0 Å². The molecule has 1 rings (SSSR count). The van der Waals surface area contributed by atoms with Crippen molar-refractivity contribution in [2.24, 2.45) is 0 Å². The molecule has 62 valence electrons. The quantitative estimate of drug-likeness (QED) is 0.555. The standard InChI is InChI=1S/C10H17N/c1-8(2)10-7-11(4)6-5-9(10)3/h1,5-7H2,2-4H3. The van der Waals surface area contributed by atoms with Crippen molar-refractivity contribution < 1.29 is 0 Å². The molecule has 0 aromatic rings. The first-order valence-electron chi connectivity index (χ1n) is 4.14. The summed E-state index contributed by atoms with van der Waals surface area (Å²) in [6, 6.07) is 0. The number of hydrogen-bond acceptors (Lipinski definition) is 1. The first-order chi connectivity index (χ1) is 5.11. The molecule has 0 amide bonds. The van der Waals surface area contributed by atoms with E-state index in [0.717, 1.165) is 6.54 Å². The van der Waals surface area contributed by atoms with Crippen molar-refractivity contribution in [1.29, 1.82) is 0 Å². The Kier molecular flexibility index (Phi) is 2.50. The highest BCUT2D eigenvalue weighted by atomic mass is 15.1. The third kappa shape index (κ3) is 1.93. The normalized spacial score (nSPS) is 20.6. The second-order valence-electron chi connectivity index (χ2n) is 3.53. The third-order valence-electron chi connectivity index (χ3n) is 2.33. The van der Waals surface area contributed by atoms with Gasteiger partial charge in [-0.2, -0.15) is 0 Å². The van der Waals surface area contributed by atoms with Crippen molar-refractivity contribution in [3.8, 4) is 0 Å². The predicted molar refractivity (Wildman–Crippen MR) is 49.6 cm³/mol. The summed E-state index contributed by atoms with van der Waals surface area (Å²) in [5.41, 5.74) is 4.21. The molecule has 0 aliphatic carbocycles. The van der Waals surface area contributed by atoms with Gasteiger partial charge in [0.2, 0.25) is 0 Å². The SMILES string of the molecule is C=C(C)C1=C(C)CCN(C)C1. The van der Waals surface area contributed by atoms with Crippen molar-refractivity contribution >= 4 is 0 Å². The van der Waals surface area contributed by atoms with Crippen molar-refractivity contribution in [2.45, 2.75) is 20.3 Å². The molecule has 0 spiro atoms. The van der Waals surface area contributed by atoms with E-state index in [-0.39, 0.29) is 0 Å². The zero-order valence-corrected chi connectivity index (χ0v) is 7.78. The van der Waals surface area contributed by atoms with Crippen LogP contribution in [0.15, 0.2) is 23.3 Å². The Morgan fingerprint density at radius 1 is 1.55 bits per heavy atom. The molecular formula is C10H17N. The fourth-order valence-electron chi connectivity index (χ4n) is 1.49. The minimum Gasteiger partial charge on any atom is -0.302 e. The molecule has 1 nitrogen and oxygen atoms in total. The minimum atomic E-state index is 1.08. The highest BCUT2D eigenvalue weighted by Gasteiger charge is 2.12. The molecule has 0 atom stereocenters. The summed E-state index contributed by atoms with van der Waals surface area (Å²) in [6.45, 7) is 10.6. The Hall–Kier alpha value is -0.560. The van der Waals surface area contributed by atoms with Gasteiger partial charge in [-0.15, -0.1) is 0 Å². The van der Waals surface area contributed by atoms with Crippen LogP contribution in [0.25, 0.3) is 0 Å². The molecule has 11 heavy (non-hydrogen) atoms.